The predicted molar refractivity (Wildman–Crippen MR) is 114 cm³/mol. The maximum Gasteiger partial charge on any atom is 0.289 e. The van der Waals surface area contributed by atoms with Crippen molar-refractivity contribution < 1.29 is 18.1 Å². The van der Waals surface area contributed by atoms with E-state index in [0.717, 1.165) is 5.56 Å². The molecule has 30 heavy (non-hydrogen) atoms. The number of para-hydroxylation sites is 2. The summed E-state index contributed by atoms with van der Waals surface area (Å²) < 4.78 is 34.0. The van der Waals surface area contributed by atoms with E-state index in [1.165, 1.54) is 28.6 Å². The first-order valence-electron chi connectivity index (χ1n) is 9.36. The number of hydrogen-bond donors (Lipinski definition) is 0. The molecule has 1 atom stereocenters. The molecule has 1 unspecified atom stereocenters. The van der Waals surface area contributed by atoms with Gasteiger partial charge >= 0.3 is 0 Å². The maximum atomic E-state index is 13.5. The van der Waals surface area contributed by atoms with Crippen LogP contribution >= 0.6 is 0 Å². The summed E-state index contributed by atoms with van der Waals surface area (Å²) in [4.78, 5) is 10.4. The zero-order valence-corrected chi connectivity index (χ0v) is 17.2. The van der Waals surface area contributed by atoms with Gasteiger partial charge in [-0.2, -0.15) is 4.31 Å². The summed E-state index contributed by atoms with van der Waals surface area (Å²) in [5, 5.41) is 11.4. The van der Waals surface area contributed by atoms with Crippen LogP contribution in [0.4, 0.5) is 5.69 Å². The first-order valence-corrected chi connectivity index (χ1v) is 10.8. The zero-order valence-electron chi connectivity index (χ0n) is 16.4. The molecule has 0 aliphatic carbocycles. The van der Waals surface area contributed by atoms with E-state index in [1.807, 2.05) is 48.5 Å². The van der Waals surface area contributed by atoms with Crippen molar-refractivity contribution >= 4 is 15.7 Å². The standard InChI is InChI=1S/C22H22N2O5S/c1-18(17-29-20-12-6-3-7-13-20)23(16-19-10-4-2-5-11-19)30(27,28)22-15-9-8-14-21(22)24(25)26/h2-15,18H,16-17H2,1H3. The number of nitrogens with zero attached hydrogens (tertiary/aromatic N) is 2. The lowest BCUT2D eigenvalue weighted by Crippen LogP contribution is -2.41. The monoisotopic (exact) mass is 426 g/mol. The molecule has 0 aliphatic heterocycles. The average molecular weight is 426 g/mol. The van der Waals surface area contributed by atoms with Crippen LogP contribution in [0.15, 0.2) is 89.8 Å². The average Bonchev–Trinajstić information content (AvgIpc) is 2.77. The Kier molecular flexibility index (Phi) is 6.81. The summed E-state index contributed by atoms with van der Waals surface area (Å²) >= 11 is 0. The number of sulfonamides is 1. The van der Waals surface area contributed by atoms with Gasteiger partial charge in [-0.25, -0.2) is 8.42 Å². The van der Waals surface area contributed by atoms with Gasteiger partial charge < -0.3 is 4.74 Å². The van der Waals surface area contributed by atoms with E-state index in [1.54, 1.807) is 19.1 Å². The number of rotatable bonds is 9. The van der Waals surface area contributed by atoms with Gasteiger partial charge in [-0.15, -0.1) is 0 Å². The van der Waals surface area contributed by atoms with Crippen LogP contribution in [0.3, 0.4) is 0 Å². The Morgan fingerprint density at radius 2 is 1.50 bits per heavy atom. The minimum Gasteiger partial charge on any atom is -0.492 e. The van der Waals surface area contributed by atoms with Gasteiger partial charge in [-0.3, -0.25) is 10.1 Å². The van der Waals surface area contributed by atoms with E-state index in [9.17, 15) is 18.5 Å². The van der Waals surface area contributed by atoms with Gasteiger partial charge in [0.25, 0.3) is 15.7 Å². The Labute approximate surface area is 175 Å². The maximum absolute atomic E-state index is 13.5. The minimum atomic E-state index is -4.17. The molecule has 0 fully saturated rings. The molecule has 0 N–H and O–H groups in total. The van der Waals surface area contributed by atoms with Crippen molar-refractivity contribution in [1.82, 2.24) is 4.31 Å². The van der Waals surface area contributed by atoms with E-state index < -0.39 is 26.7 Å². The third kappa shape index (κ3) is 5.03. The van der Waals surface area contributed by atoms with Crippen LogP contribution in [-0.2, 0) is 16.6 Å². The van der Waals surface area contributed by atoms with Crippen molar-refractivity contribution in [1.29, 1.82) is 0 Å². The first kappa shape index (κ1) is 21.5. The third-order valence-electron chi connectivity index (χ3n) is 4.56. The Morgan fingerprint density at radius 1 is 0.933 bits per heavy atom. The molecule has 3 rings (SSSR count). The Balaban J connectivity index is 1.95. The van der Waals surface area contributed by atoms with Crippen molar-refractivity contribution in [2.45, 2.75) is 24.4 Å². The fourth-order valence-electron chi connectivity index (χ4n) is 3.01. The number of nitro benzene ring substituents is 1. The van der Waals surface area contributed by atoms with Crippen molar-refractivity contribution in [3.63, 3.8) is 0 Å². The van der Waals surface area contributed by atoms with Crippen molar-refractivity contribution in [3.05, 3.63) is 101 Å². The fourth-order valence-corrected chi connectivity index (χ4v) is 4.77. The first-order chi connectivity index (χ1) is 14.4. The van der Waals surface area contributed by atoms with E-state index in [2.05, 4.69) is 0 Å². The molecule has 0 aliphatic rings. The summed E-state index contributed by atoms with van der Waals surface area (Å²) in [6.45, 7) is 1.88. The van der Waals surface area contributed by atoms with Gasteiger partial charge in [-0.1, -0.05) is 60.7 Å². The number of benzene rings is 3. The minimum absolute atomic E-state index is 0.0640. The molecule has 0 saturated heterocycles. The second kappa shape index (κ2) is 9.51. The van der Waals surface area contributed by atoms with E-state index in [4.69, 9.17) is 4.74 Å². The Morgan fingerprint density at radius 3 is 2.13 bits per heavy atom. The molecule has 0 saturated carbocycles. The molecule has 3 aromatic carbocycles. The SMILES string of the molecule is CC(COc1ccccc1)N(Cc1ccccc1)S(=O)(=O)c1ccccc1[N+](=O)[O-]. The van der Waals surface area contributed by atoms with Crippen LogP contribution < -0.4 is 4.74 Å². The normalized spacial score (nSPS) is 12.5. The highest BCUT2D eigenvalue weighted by Gasteiger charge is 2.34. The molecule has 0 heterocycles. The van der Waals surface area contributed by atoms with E-state index in [0.29, 0.717) is 5.75 Å². The third-order valence-corrected chi connectivity index (χ3v) is 6.56. The number of ether oxygens (including phenoxy) is 1. The second-order valence-electron chi connectivity index (χ2n) is 6.73. The largest absolute Gasteiger partial charge is 0.492 e. The molecule has 156 valence electrons. The van der Waals surface area contributed by atoms with Crippen LogP contribution in [0.25, 0.3) is 0 Å². The van der Waals surface area contributed by atoms with Gasteiger partial charge in [-0.05, 0) is 30.7 Å². The molecule has 0 amide bonds. The van der Waals surface area contributed by atoms with Gasteiger partial charge in [0, 0.05) is 12.6 Å². The van der Waals surface area contributed by atoms with E-state index in [-0.39, 0.29) is 18.0 Å². The smallest absolute Gasteiger partial charge is 0.289 e. The van der Waals surface area contributed by atoms with Crippen LogP contribution in [0.2, 0.25) is 0 Å². The van der Waals surface area contributed by atoms with Crippen LogP contribution in [0.1, 0.15) is 12.5 Å². The molecule has 0 bridgehead atoms. The van der Waals surface area contributed by atoms with Gasteiger partial charge in [0.15, 0.2) is 4.90 Å². The zero-order chi connectivity index (χ0) is 21.6. The summed E-state index contributed by atoms with van der Waals surface area (Å²) in [5.41, 5.74) is 0.318. The highest BCUT2D eigenvalue weighted by atomic mass is 32.2. The fraction of sp³-hybridized carbons (Fsp3) is 0.182. The highest BCUT2D eigenvalue weighted by Crippen LogP contribution is 2.29. The van der Waals surface area contributed by atoms with Gasteiger partial charge in [0.1, 0.15) is 12.4 Å². The van der Waals surface area contributed by atoms with Crippen LogP contribution in [-0.4, -0.2) is 30.3 Å². The summed E-state index contributed by atoms with van der Waals surface area (Å²) in [5.74, 6) is 0.618. The quantitative estimate of drug-likeness (QED) is 0.377. The molecule has 0 spiro atoms. The summed E-state index contributed by atoms with van der Waals surface area (Å²) in [7, 11) is -4.17. The molecule has 0 aromatic heterocycles. The summed E-state index contributed by atoms with van der Waals surface area (Å²) in [6.07, 6.45) is 0. The molecule has 3 aromatic rings. The lowest BCUT2D eigenvalue weighted by atomic mass is 10.2. The molecule has 7 nitrogen and oxygen atoms in total. The highest BCUT2D eigenvalue weighted by molar-refractivity contribution is 7.89. The Hall–Kier alpha value is -3.23. The second-order valence-corrected chi connectivity index (χ2v) is 8.59. The van der Waals surface area contributed by atoms with Gasteiger partial charge in [0.2, 0.25) is 0 Å². The molecular weight excluding hydrogens is 404 g/mol. The molecular formula is C22H22N2O5S. The predicted octanol–water partition coefficient (Wildman–Crippen LogP) is 4.25. The molecule has 0 radical (unpaired) electrons. The van der Waals surface area contributed by atoms with Crippen LogP contribution in [0, 0.1) is 10.1 Å². The lowest BCUT2D eigenvalue weighted by molar-refractivity contribution is -0.387. The topological polar surface area (TPSA) is 89.8 Å². The van der Waals surface area contributed by atoms with Crippen molar-refractivity contribution in [2.24, 2.45) is 0 Å². The number of nitro groups is 1. The molecule has 8 heteroatoms. The van der Waals surface area contributed by atoms with Crippen LogP contribution in [0.5, 0.6) is 5.75 Å². The Bertz CT molecular complexity index is 1090. The van der Waals surface area contributed by atoms with E-state index >= 15 is 0 Å². The van der Waals surface area contributed by atoms with Crippen molar-refractivity contribution in [3.8, 4) is 5.75 Å². The lowest BCUT2D eigenvalue weighted by Gasteiger charge is -2.28. The van der Waals surface area contributed by atoms with Gasteiger partial charge in [0.05, 0.1) is 11.0 Å². The number of hydrogen-bond acceptors (Lipinski definition) is 5. The van der Waals surface area contributed by atoms with Crippen molar-refractivity contribution in [2.75, 3.05) is 6.61 Å². The summed E-state index contributed by atoms with van der Waals surface area (Å²) in [6, 6.07) is 23.0.